The molecule has 0 radical (unpaired) electrons. The molecule has 0 aliphatic rings. The predicted octanol–water partition coefficient (Wildman–Crippen LogP) is 8.77. The zero-order chi connectivity index (χ0) is 31.7. The van der Waals surface area contributed by atoms with Crippen LogP contribution in [0.3, 0.4) is 0 Å². The lowest BCUT2D eigenvalue weighted by atomic mass is 10.0. The highest BCUT2D eigenvalue weighted by Gasteiger charge is 2.36. The highest BCUT2D eigenvalue weighted by atomic mass is 79.9. The highest BCUT2D eigenvalue weighted by Crippen LogP contribution is 2.19. The summed E-state index contributed by atoms with van der Waals surface area (Å²) in [4.78, 5) is 0. The molecule has 0 saturated carbocycles. The van der Waals surface area contributed by atoms with Crippen LogP contribution in [0.4, 0.5) is 0 Å². The van der Waals surface area contributed by atoms with E-state index < -0.39 is 0 Å². The van der Waals surface area contributed by atoms with Crippen molar-refractivity contribution in [3.63, 3.8) is 0 Å². The number of aliphatic hydroxyl groups excluding tert-OH is 1. The van der Waals surface area contributed by atoms with Gasteiger partial charge < -0.3 is 36.0 Å². The Labute approximate surface area is 288 Å². The van der Waals surface area contributed by atoms with Crippen LogP contribution in [-0.2, 0) is 9.47 Å². The van der Waals surface area contributed by atoms with Crippen molar-refractivity contribution in [1.82, 2.24) is 0 Å². The fourth-order valence-corrected chi connectivity index (χ4v) is 6.20. The van der Waals surface area contributed by atoms with Crippen LogP contribution in [0.15, 0.2) is 0 Å². The molecule has 0 spiro atoms. The number of quaternary nitrogens is 1. The van der Waals surface area contributed by atoms with Gasteiger partial charge in [0.25, 0.3) is 0 Å². The predicted molar refractivity (Wildman–Crippen MR) is 190 cm³/mol. The molecular formula is C39H82BrNO3. The van der Waals surface area contributed by atoms with Gasteiger partial charge in [-0.05, 0) is 19.8 Å². The van der Waals surface area contributed by atoms with Crippen LogP contribution in [0, 0.1) is 0 Å². The molecule has 5 heteroatoms. The molecule has 0 fully saturated rings. The van der Waals surface area contributed by atoms with Crippen molar-refractivity contribution < 1.29 is 36.0 Å². The van der Waals surface area contributed by atoms with Crippen molar-refractivity contribution in [2.45, 2.75) is 213 Å². The maximum Gasteiger partial charge on any atom is 0.221 e. The lowest BCUT2D eigenvalue weighted by Gasteiger charge is -2.40. The Morgan fingerprint density at radius 1 is 0.432 bits per heavy atom. The summed E-state index contributed by atoms with van der Waals surface area (Å²) in [5.74, 6) is 0. The van der Waals surface area contributed by atoms with Crippen molar-refractivity contribution in [3.05, 3.63) is 0 Å². The van der Waals surface area contributed by atoms with E-state index in [-0.39, 0.29) is 35.9 Å². The topological polar surface area (TPSA) is 38.7 Å². The van der Waals surface area contributed by atoms with E-state index in [9.17, 15) is 5.11 Å². The van der Waals surface area contributed by atoms with Gasteiger partial charge in [0.2, 0.25) is 6.23 Å². The first kappa shape index (κ1) is 46.4. The van der Waals surface area contributed by atoms with Crippen molar-refractivity contribution in [2.75, 3.05) is 40.5 Å². The van der Waals surface area contributed by atoms with Gasteiger partial charge in [0.15, 0.2) is 6.10 Å². The average Bonchev–Trinajstić information content (AvgIpc) is 3.01. The van der Waals surface area contributed by atoms with Gasteiger partial charge in [-0.25, -0.2) is 0 Å². The fraction of sp³-hybridized carbons (Fsp3) is 1.00. The number of rotatable bonds is 36. The van der Waals surface area contributed by atoms with Crippen LogP contribution in [0.2, 0.25) is 0 Å². The molecule has 0 aromatic heterocycles. The van der Waals surface area contributed by atoms with Gasteiger partial charge in [0.1, 0.15) is 0 Å². The van der Waals surface area contributed by atoms with Crippen LogP contribution in [-0.4, -0.2) is 62.4 Å². The first-order valence-electron chi connectivity index (χ1n) is 19.7. The molecule has 0 heterocycles. The fourth-order valence-electron chi connectivity index (χ4n) is 6.20. The third-order valence-electron chi connectivity index (χ3n) is 9.62. The molecule has 1 N–H and O–H groups in total. The monoisotopic (exact) mass is 692 g/mol. The molecule has 268 valence electrons. The van der Waals surface area contributed by atoms with Crippen molar-refractivity contribution in [3.8, 4) is 0 Å². The van der Waals surface area contributed by atoms with E-state index in [0.29, 0.717) is 0 Å². The molecule has 0 amide bonds. The van der Waals surface area contributed by atoms with E-state index in [0.717, 1.165) is 37.1 Å². The van der Waals surface area contributed by atoms with Crippen LogP contribution < -0.4 is 17.0 Å². The van der Waals surface area contributed by atoms with Crippen molar-refractivity contribution in [2.24, 2.45) is 0 Å². The number of likely N-dealkylation sites (N-methyl/N-ethyl adjacent to an activating group) is 1. The van der Waals surface area contributed by atoms with E-state index in [1.165, 1.54) is 167 Å². The second-order valence-electron chi connectivity index (χ2n) is 14.1. The molecule has 0 aliphatic heterocycles. The second-order valence-corrected chi connectivity index (χ2v) is 14.1. The molecule has 2 atom stereocenters. The van der Waals surface area contributed by atoms with Crippen molar-refractivity contribution in [1.29, 1.82) is 0 Å². The first-order valence-corrected chi connectivity index (χ1v) is 19.7. The van der Waals surface area contributed by atoms with Crippen LogP contribution in [0.25, 0.3) is 0 Å². The van der Waals surface area contributed by atoms with E-state index in [1.807, 2.05) is 0 Å². The summed E-state index contributed by atoms with van der Waals surface area (Å²) in [6, 6.07) is 0. The standard InChI is InChI=1S/C39H82NO3.BrH/c1-6-9-11-13-15-17-19-21-23-25-27-29-31-33-35-42-38(37-41)39(40(4,5)8-3)43-36-34-32-30-28-26-24-22-20-18-16-14-12-10-7-2;/h38-39,41H,6-37H2,1-5H3;1H/q+1;/p-1. The summed E-state index contributed by atoms with van der Waals surface area (Å²) in [6.07, 6.45) is 37.9. The number of nitrogens with zero attached hydrogens (tertiary/aromatic N) is 1. The lowest BCUT2D eigenvalue weighted by molar-refractivity contribution is -0.940. The van der Waals surface area contributed by atoms with Gasteiger partial charge in [-0.15, -0.1) is 0 Å². The third-order valence-corrected chi connectivity index (χ3v) is 9.62. The Morgan fingerprint density at radius 2 is 0.705 bits per heavy atom. The van der Waals surface area contributed by atoms with Gasteiger partial charge in [-0.1, -0.05) is 181 Å². The molecule has 0 saturated heterocycles. The van der Waals surface area contributed by atoms with Crippen LogP contribution >= 0.6 is 0 Å². The van der Waals surface area contributed by atoms with Gasteiger partial charge >= 0.3 is 0 Å². The maximum atomic E-state index is 10.2. The lowest BCUT2D eigenvalue weighted by Crippen LogP contribution is -3.00. The van der Waals surface area contributed by atoms with Gasteiger partial charge in [-0.2, -0.15) is 0 Å². The normalized spacial score (nSPS) is 13.2. The van der Waals surface area contributed by atoms with E-state index in [4.69, 9.17) is 9.47 Å². The summed E-state index contributed by atoms with van der Waals surface area (Å²) in [6.45, 7) is 9.27. The second kappa shape index (κ2) is 36.2. The Kier molecular flexibility index (Phi) is 38.2. The molecule has 0 aromatic carbocycles. The Bertz CT molecular complexity index is 533. The summed E-state index contributed by atoms with van der Waals surface area (Å²) < 4.78 is 13.4. The Morgan fingerprint density at radius 3 is 0.977 bits per heavy atom. The van der Waals surface area contributed by atoms with Crippen LogP contribution in [0.5, 0.6) is 0 Å². The number of halogens is 1. The minimum Gasteiger partial charge on any atom is -1.00 e. The number of hydrogen-bond donors (Lipinski definition) is 1. The number of hydrogen-bond acceptors (Lipinski definition) is 3. The first-order chi connectivity index (χ1) is 21.0. The maximum absolute atomic E-state index is 10.2. The van der Waals surface area contributed by atoms with Crippen LogP contribution in [0.1, 0.15) is 201 Å². The molecule has 4 nitrogen and oxygen atoms in total. The van der Waals surface area contributed by atoms with E-state index in [2.05, 4.69) is 34.9 Å². The molecule has 0 aliphatic carbocycles. The summed E-state index contributed by atoms with van der Waals surface area (Å²) >= 11 is 0. The number of unbranched alkanes of at least 4 members (excludes halogenated alkanes) is 26. The Balaban J connectivity index is 0. The van der Waals surface area contributed by atoms with Gasteiger partial charge in [-0.3, -0.25) is 0 Å². The summed E-state index contributed by atoms with van der Waals surface area (Å²) in [5.41, 5.74) is 0. The smallest absolute Gasteiger partial charge is 0.221 e. The molecule has 0 aromatic rings. The largest absolute Gasteiger partial charge is 1.00 e. The molecule has 44 heavy (non-hydrogen) atoms. The SMILES string of the molecule is CCCCCCCCCCCCCCCCOC(CO)C(OCCCCCCCCCCCCCCCC)[N+](C)(C)CC.[Br-]. The molecular weight excluding hydrogens is 610 g/mol. The van der Waals surface area contributed by atoms with E-state index in [1.54, 1.807) is 0 Å². The molecule has 0 bridgehead atoms. The molecule has 0 rings (SSSR count). The van der Waals surface area contributed by atoms with Gasteiger partial charge in [0.05, 0.1) is 33.9 Å². The van der Waals surface area contributed by atoms with E-state index >= 15 is 0 Å². The highest BCUT2D eigenvalue weighted by molar-refractivity contribution is 4.63. The minimum atomic E-state index is -0.247. The third kappa shape index (κ3) is 29.7. The zero-order valence-electron chi connectivity index (χ0n) is 30.9. The zero-order valence-corrected chi connectivity index (χ0v) is 32.5. The van der Waals surface area contributed by atoms with Crippen molar-refractivity contribution >= 4 is 0 Å². The average molecular weight is 693 g/mol. The quantitative estimate of drug-likeness (QED) is 0.0406. The minimum absolute atomic E-state index is 0. The van der Waals surface area contributed by atoms with Gasteiger partial charge in [0, 0.05) is 6.61 Å². The summed E-state index contributed by atoms with van der Waals surface area (Å²) in [5, 5.41) is 10.2. The number of aliphatic hydroxyl groups is 1. The number of ether oxygens (including phenoxy) is 2. The Hall–Kier alpha value is 0.320. The summed E-state index contributed by atoms with van der Waals surface area (Å²) in [7, 11) is 4.41. The molecule has 2 unspecified atom stereocenters.